The molecule has 0 radical (unpaired) electrons. The molecule has 0 saturated heterocycles. The minimum absolute atomic E-state index is 0.167. The van der Waals surface area contributed by atoms with Crippen molar-refractivity contribution in [2.45, 2.75) is 37.6 Å². The van der Waals surface area contributed by atoms with Crippen molar-refractivity contribution in [3.05, 3.63) is 47.2 Å². The predicted molar refractivity (Wildman–Crippen MR) is 102 cm³/mol. The molecule has 5 heteroatoms. The van der Waals surface area contributed by atoms with Crippen molar-refractivity contribution in [3.8, 4) is 6.07 Å². The Balaban J connectivity index is 1.79. The van der Waals surface area contributed by atoms with Gasteiger partial charge in [0.2, 0.25) is 0 Å². The number of nitriles is 1. The predicted octanol–water partition coefficient (Wildman–Crippen LogP) is 3.07. The van der Waals surface area contributed by atoms with Crippen LogP contribution < -0.4 is 0 Å². The second kappa shape index (κ2) is 5.46. The normalized spacial score (nSPS) is 33.7. The van der Waals surface area contributed by atoms with Gasteiger partial charge in [-0.25, -0.2) is 0 Å². The van der Waals surface area contributed by atoms with Gasteiger partial charge in [0.05, 0.1) is 13.2 Å². The van der Waals surface area contributed by atoms with Crippen LogP contribution in [0.4, 0.5) is 0 Å². The van der Waals surface area contributed by atoms with Gasteiger partial charge < -0.3 is 9.72 Å². The smallest absolute Gasteiger partial charge is 0.318 e. The Kier molecular flexibility index (Phi) is 3.36. The Bertz CT molecular complexity index is 1030. The van der Waals surface area contributed by atoms with Crippen molar-refractivity contribution in [1.82, 2.24) is 9.88 Å². The summed E-state index contributed by atoms with van der Waals surface area (Å²) in [6, 6.07) is 10.5. The number of benzene rings is 1. The minimum Gasteiger partial charge on any atom is -0.468 e. The van der Waals surface area contributed by atoms with Crippen molar-refractivity contribution >= 4 is 16.9 Å². The van der Waals surface area contributed by atoms with Crippen LogP contribution >= 0.6 is 0 Å². The van der Waals surface area contributed by atoms with Crippen LogP contribution in [0.15, 0.2) is 35.9 Å². The fourth-order valence-electron chi connectivity index (χ4n) is 5.60. The molecule has 2 unspecified atom stereocenters. The highest BCUT2D eigenvalue weighted by Crippen LogP contribution is 2.69. The number of nitrogens with zero attached hydrogens (tertiary/aromatic N) is 2. The zero-order chi connectivity index (χ0) is 18.8. The SMILES string of the molecule is CCC1=C[C@]23CN(CCc4c([nH]c5ccccc45)[C@@]2(C(=O)OC)C3)C1C#N. The number of nitrogens with one attached hydrogen (secondary N) is 1. The summed E-state index contributed by atoms with van der Waals surface area (Å²) in [5.41, 5.74) is 3.47. The van der Waals surface area contributed by atoms with Crippen LogP contribution in [0.2, 0.25) is 0 Å². The van der Waals surface area contributed by atoms with Gasteiger partial charge in [-0.2, -0.15) is 5.26 Å². The molecule has 5 nitrogen and oxygen atoms in total. The average Bonchev–Trinajstić information content (AvgIpc) is 3.15. The second-order valence-electron chi connectivity index (χ2n) is 8.08. The summed E-state index contributed by atoms with van der Waals surface area (Å²) in [6.07, 6.45) is 4.62. The molecule has 1 aromatic carbocycles. The molecule has 0 amide bonds. The molecule has 1 fully saturated rings. The maximum atomic E-state index is 13.1. The second-order valence-corrected chi connectivity index (χ2v) is 8.08. The lowest BCUT2D eigenvalue weighted by Gasteiger charge is -2.40. The summed E-state index contributed by atoms with van der Waals surface area (Å²) >= 11 is 0. The van der Waals surface area contributed by atoms with E-state index < -0.39 is 5.41 Å². The van der Waals surface area contributed by atoms with Gasteiger partial charge in [-0.05, 0) is 36.5 Å². The lowest BCUT2D eigenvalue weighted by molar-refractivity contribution is -0.145. The number of hydrogen-bond acceptors (Lipinski definition) is 4. The number of esters is 1. The molecule has 2 aliphatic heterocycles. The van der Waals surface area contributed by atoms with E-state index in [9.17, 15) is 10.1 Å². The number of methoxy groups -OCH3 is 1. The van der Waals surface area contributed by atoms with Gasteiger partial charge in [0.25, 0.3) is 0 Å². The number of hydrogen-bond donors (Lipinski definition) is 1. The van der Waals surface area contributed by atoms with Crippen molar-refractivity contribution in [2.75, 3.05) is 20.2 Å². The van der Waals surface area contributed by atoms with E-state index in [1.165, 1.54) is 18.1 Å². The van der Waals surface area contributed by atoms with Crippen LogP contribution in [0.1, 0.15) is 31.0 Å². The Morgan fingerprint density at radius 1 is 1.44 bits per heavy atom. The van der Waals surface area contributed by atoms with E-state index in [1.807, 2.05) is 12.1 Å². The number of rotatable bonds is 2. The quantitative estimate of drug-likeness (QED) is 0.659. The highest BCUT2D eigenvalue weighted by molar-refractivity contribution is 5.94. The molecular formula is C22H23N3O2. The van der Waals surface area contributed by atoms with Gasteiger partial charge in [0, 0.05) is 35.1 Å². The first kappa shape index (κ1) is 16.6. The number of carbonyl (C=O) groups is 1. The first-order valence-corrected chi connectivity index (χ1v) is 9.64. The van der Waals surface area contributed by atoms with Crippen LogP contribution in [0.25, 0.3) is 10.9 Å². The third kappa shape index (κ3) is 1.94. The molecule has 4 atom stereocenters. The van der Waals surface area contributed by atoms with Crippen LogP contribution in [0, 0.1) is 16.7 Å². The molecule has 2 bridgehead atoms. The van der Waals surface area contributed by atoms with Crippen LogP contribution in [0.3, 0.4) is 0 Å². The van der Waals surface area contributed by atoms with E-state index in [1.54, 1.807) is 0 Å². The van der Waals surface area contributed by atoms with Crippen LogP contribution in [-0.2, 0) is 21.4 Å². The van der Waals surface area contributed by atoms with Crippen molar-refractivity contribution in [2.24, 2.45) is 5.41 Å². The molecule has 138 valence electrons. The number of aromatic nitrogens is 1. The highest BCUT2D eigenvalue weighted by Gasteiger charge is 2.75. The van der Waals surface area contributed by atoms with E-state index in [0.29, 0.717) is 0 Å². The molecule has 27 heavy (non-hydrogen) atoms. The molecule has 1 aromatic heterocycles. The molecule has 1 spiro atoms. The van der Waals surface area contributed by atoms with E-state index in [-0.39, 0.29) is 17.4 Å². The number of carbonyl (C=O) groups excluding carboxylic acids is 1. The van der Waals surface area contributed by atoms with E-state index >= 15 is 0 Å². The number of para-hydroxylation sites is 1. The molecule has 1 aliphatic carbocycles. The molecule has 1 N–H and O–H groups in total. The van der Waals surface area contributed by atoms with Gasteiger partial charge in [0.1, 0.15) is 11.5 Å². The summed E-state index contributed by atoms with van der Waals surface area (Å²) in [6.45, 7) is 3.65. The Hall–Kier alpha value is -2.58. The van der Waals surface area contributed by atoms with Gasteiger partial charge in [0.15, 0.2) is 0 Å². The van der Waals surface area contributed by atoms with E-state index in [4.69, 9.17) is 4.74 Å². The molecule has 1 saturated carbocycles. The molecule has 3 aliphatic rings. The average molecular weight is 361 g/mol. The van der Waals surface area contributed by atoms with Crippen LogP contribution in [0.5, 0.6) is 0 Å². The standard InChI is InChI=1S/C22H23N3O2/c1-3-14-10-21-12-22(21,20(26)27-2)19-16(8-9-25(13-21)18(14)11-23)15-6-4-5-7-17(15)24-19/h4-7,10,18,24H,3,8-9,12-13H2,1-2H3/t18?,21-,22+/m0/s1. The topological polar surface area (TPSA) is 69.1 Å². The lowest BCUT2D eigenvalue weighted by Crippen LogP contribution is -2.48. The van der Waals surface area contributed by atoms with E-state index in [0.717, 1.165) is 49.1 Å². The van der Waals surface area contributed by atoms with Crippen molar-refractivity contribution in [1.29, 1.82) is 5.26 Å². The van der Waals surface area contributed by atoms with Crippen molar-refractivity contribution < 1.29 is 9.53 Å². The van der Waals surface area contributed by atoms with Gasteiger partial charge >= 0.3 is 5.97 Å². The summed E-state index contributed by atoms with van der Waals surface area (Å²) < 4.78 is 5.32. The van der Waals surface area contributed by atoms with Crippen LogP contribution in [-0.4, -0.2) is 42.1 Å². The summed E-state index contributed by atoms with van der Waals surface area (Å²) in [4.78, 5) is 19.0. The van der Waals surface area contributed by atoms with Gasteiger partial charge in [-0.3, -0.25) is 9.69 Å². The lowest BCUT2D eigenvalue weighted by atomic mass is 9.79. The third-order valence-electron chi connectivity index (χ3n) is 6.92. The first-order valence-electron chi connectivity index (χ1n) is 9.64. The molecule has 5 rings (SSSR count). The van der Waals surface area contributed by atoms with Gasteiger partial charge in [-0.15, -0.1) is 0 Å². The zero-order valence-corrected chi connectivity index (χ0v) is 15.7. The number of ether oxygens (including phenoxy) is 1. The molecule has 3 heterocycles. The van der Waals surface area contributed by atoms with Crippen molar-refractivity contribution in [3.63, 3.8) is 0 Å². The maximum absolute atomic E-state index is 13.1. The summed E-state index contributed by atoms with van der Waals surface area (Å²) in [5, 5.41) is 11.0. The summed E-state index contributed by atoms with van der Waals surface area (Å²) in [5.74, 6) is -0.167. The molecular weight excluding hydrogens is 338 g/mol. The fourth-order valence-corrected chi connectivity index (χ4v) is 5.60. The minimum atomic E-state index is -0.671. The Labute approximate surface area is 158 Å². The Morgan fingerprint density at radius 3 is 3.00 bits per heavy atom. The van der Waals surface area contributed by atoms with Gasteiger partial charge in [-0.1, -0.05) is 31.2 Å². The highest BCUT2D eigenvalue weighted by atomic mass is 16.5. The Morgan fingerprint density at radius 2 is 2.26 bits per heavy atom. The largest absolute Gasteiger partial charge is 0.468 e. The van der Waals surface area contributed by atoms with E-state index in [2.05, 4.69) is 41.1 Å². The summed E-state index contributed by atoms with van der Waals surface area (Å²) in [7, 11) is 1.48. The molecule has 2 aromatic rings. The third-order valence-corrected chi connectivity index (χ3v) is 6.92. The number of H-pyrrole nitrogens is 1. The first-order chi connectivity index (χ1) is 13.1. The zero-order valence-electron chi connectivity index (χ0n) is 15.7. The monoisotopic (exact) mass is 361 g/mol. The fraction of sp³-hybridized carbons (Fsp3) is 0.455. The number of aromatic amines is 1. The number of fused-ring (bicyclic) bond motifs is 5. The maximum Gasteiger partial charge on any atom is 0.318 e.